The average molecular weight is 153 g/mol. The van der Waals surface area contributed by atoms with E-state index in [1.165, 1.54) is 0 Å². The zero-order chi connectivity index (χ0) is 8.01. The fourth-order valence-electron chi connectivity index (χ4n) is 1.92. The van der Waals surface area contributed by atoms with E-state index in [-0.39, 0.29) is 11.9 Å². The van der Waals surface area contributed by atoms with Gasteiger partial charge in [-0.15, -0.1) is 0 Å². The molecule has 0 aliphatic carbocycles. The third kappa shape index (κ3) is 0.744. The van der Waals surface area contributed by atoms with E-state index in [4.69, 9.17) is 0 Å². The Balaban J connectivity index is 2.30. The lowest BCUT2D eigenvalue weighted by molar-refractivity contribution is -0.125. The van der Waals surface area contributed by atoms with Crippen LogP contribution in [0.1, 0.15) is 12.8 Å². The standard InChI is InChI=1S/C8H11NO2/c1-5-7(10)6-3-2-4-9(6)8(5)11/h6-7,10H,1-4H2/t6-,7+/m1/s1. The molecular formula is C8H11NO2. The minimum Gasteiger partial charge on any atom is -0.386 e. The molecule has 0 saturated carbocycles. The lowest BCUT2D eigenvalue weighted by Crippen LogP contribution is -2.30. The molecule has 1 N–H and O–H groups in total. The van der Waals surface area contributed by atoms with Crippen LogP contribution in [0.2, 0.25) is 0 Å². The molecule has 2 aliphatic rings. The molecule has 60 valence electrons. The molecule has 3 nitrogen and oxygen atoms in total. The summed E-state index contributed by atoms with van der Waals surface area (Å²) >= 11 is 0. The van der Waals surface area contributed by atoms with Gasteiger partial charge in [-0.25, -0.2) is 0 Å². The monoisotopic (exact) mass is 153 g/mol. The Morgan fingerprint density at radius 2 is 2.36 bits per heavy atom. The highest BCUT2D eigenvalue weighted by Crippen LogP contribution is 2.31. The van der Waals surface area contributed by atoms with E-state index in [9.17, 15) is 9.90 Å². The summed E-state index contributed by atoms with van der Waals surface area (Å²) in [5.74, 6) is -0.0556. The van der Waals surface area contributed by atoms with Gasteiger partial charge in [0.25, 0.3) is 5.91 Å². The van der Waals surface area contributed by atoms with Gasteiger partial charge in [-0.2, -0.15) is 0 Å². The quantitative estimate of drug-likeness (QED) is 0.494. The Kier molecular flexibility index (Phi) is 1.29. The first kappa shape index (κ1) is 6.85. The molecule has 2 saturated heterocycles. The van der Waals surface area contributed by atoms with Gasteiger partial charge in [0.1, 0.15) is 6.10 Å². The van der Waals surface area contributed by atoms with Crippen molar-refractivity contribution in [3.63, 3.8) is 0 Å². The van der Waals surface area contributed by atoms with Gasteiger partial charge in [0.05, 0.1) is 6.04 Å². The number of fused-ring (bicyclic) bond motifs is 1. The van der Waals surface area contributed by atoms with Crippen LogP contribution in [0.25, 0.3) is 0 Å². The topological polar surface area (TPSA) is 40.5 Å². The van der Waals surface area contributed by atoms with E-state index < -0.39 is 6.10 Å². The fraction of sp³-hybridized carbons (Fsp3) is 0.625. The molecule has 3 heteroatoms. The molecule has 0 radical (unpaired) electrons. The van der Waals surface area contributed by atoms with Crippen LogP contribution in [0, 0.1) is 0 Å². The molecule has 0 aromatic heterocycles. The second-order valence-electron chi connectivity index (χ2n) is 3.18. The summed E-state index contributed by atoms with van der Waals surface area (Å²) in [5, 5.41) is 9.48. The second kappa shape index (κ2) is 2.08. The van der Waals surface area contributed by atoms with E-state index in [0.29, 0.717) is 5.57 Å². The van der Waals surface area contributed by atoms with Crippen molar-refractivity contribution in [3.05, 3.63) is 12.2 Å². The first-order valence-electron chi connectivity index (χ1n) is 3.89. The normalized spacial score (nSPS) is 36.6. The van der Waals surface area contributed by atoms with Crippen LogP contribution in [0.5, 0.6) is 0 Å². The highest BCUT2D eigenvalue weighted by atomic mass is 16.3. The maximum absolute atomic E-state index is 11.3. The van der Waals surface area contributed by atoms with Crippen LogP contribution in [-0.2, 0) is 4.79 Å². The van der Waals surface area contributed by atoms with Crippen LogP contribution >= 0.6 is 0 Å². The summed E-state index contributed by atoms with van der Waals surface area (Å²) in [4.78, 5) is 13.0. The molecule has 2 rings (SSSR count). The molecule has 2 atom stereocenters. The van der Waals surface area contributed by atoms with Gasteiger partial charge in [-0.3, -0.25) is 4.79 Å². The Hall–Kier alpha value is -0.830. The third-order valence-corrected chi connectivity index (χ3v) is 2.56. The van der Waals surface area contributed by atoms with E-state index in [1.54, 1.807) is 4.90 Å². The zero-order valence-electron chi connectivity index (χ0n) is 6.29. The molecular weight excluding hydrogens is 142 g/mol. The predicted octanol–water partition coefficient (Wildman–Crippen LogP) is -0.0919. The summed E-state index contributed by atoms with van der Waals surface area (Å²) in [7, 11) is 0. The molecule has 1 amide bonds. The number of hydrogen-bond acceptors (Lipinski definition) is 2. The molecule has 2 aliphatic heterocycles. The van der Waals surface area contributed by atoms with Crippen molar-refractivity contribution < 1.29 is 9.90 Å². The Bertz CT molecular complexity index is 224. The van der Waals surface area contributed by atoms with Crippen molar-refractivity contribution >= 4 is 5.91 Å². The highest BCUT2D eigenvalue weighted by molar-refractivity contribution is 5.97. The minimum absolute atomic E-state index is 0.0370. The molecule has 0 bridgehead atoms. The molecule has 2 heterocycles. The number of carbonyl (C=O) groups is 1. The van der Waals surface area contributed by atoms with Crippen molar-refractivity contribution in [3.8, 4) is 0 Å². The molecule has 2 fully saturated rings. The lowest BCUT2D eigenvalue weighted by Gasteiger charge is -2.14. The zero-order valence-corrected chi connectivity index (χ0v) is 6.29. The van der Waals surface area contributed by atoms with E-state index in [2.05, 4.69) is 6.58 Å². The molecule has 0 spiro atoms. The van der Waals surface area contributed by atoms with E-state index in [1.807, 2.05) is 0 Å². The first-order chi connectivity index (χ1) is 5.22. The van der Waals surface area contributed by atoms with Gasteiger partial charge in [-0.1, -0.05) is 6.58 Å². The van der Waals surface area contributed by atoms with Gasteiger partial charge in [0.2, 0.25) is 0 Å². The van der Waals surface area contributed by atoms with Crippen LogP contribution in [0.3, 0.4) is 0 Å². The largest absolute Gasteiger partial charge is 0.386 e. The third-order valence-electron chi connectivity index (χ3n) is 2.56. The SMILES string of the molecule is C=C1C(=O)N2CCC[C@@H]2[C@H]1O. The number of rotatable bonds is 0. The number of nitrogens with zero attached hydrogens (tertiary/aromatic N) is 1. The van der Waals surface area contributed by atoms with Crippen molar-refractivity contribution in [2.75, 3.05) is 6.54 Å². The predicted molar refractivity (Wildman–Crippen MR) is 39.9 cm³/mol. The first-order valence-corrected chi connectivity index (χ1v) is 3.89. The second-order valence-corrected chi connectivity index (χ2v) is 3.18. The maximum Gasteiger partial charge on any atom is 0.252 e. The van der Waals surface area contributed by atoms with Crippen LogP contribution in [-0.4, -0.2) is 34.6 Å². The summed E-state index contributed by atoms with van der Waals surface area (Å²) in [6.07, 6.45) is 1.33. The van der Waals surface area contributed by atoms with Crippen molar-refractivity contribution in [1.82, 2.24) is 4.90 Å². The van der Waals surface area contributed by atoms with Gasteiger partial charge >= 0.3 is 0 Å². The number of carbonyl (C=O) groups excluding carboxylic acids is 1. The molecule has 11 heavy (non-hydrogen) atoms. The van der Waals surface area contributed by atoms with Crippen LogP contribution < -0.4 is 0 Å². The highest BCUT2D eigenvalue weighted by Gasteiger charge is 2.44. The van der Waals surface area contributed by atoms with E-state index in [0.717, 1.165) is 19.4 Å². The van der Waals surface area contributed by atoms with Crippen LogP contribution in [0.15, 0.2) is 12.2 Å². The van der Waals surface area contributed by atoms with E-state index >= 15 is 0 Å². The molecule has 0 unspecified atom stereocenters. The van der Waals surface area contributed by atoms with Crippen molar-refractivity contribution in [2.45, 2.75) is 25.0 Å². The average Bonchev–Trinajstić information content (AvgIpc) is 2.53. The Morgan fingerprint density at radius 3 is 3.00 bits per heavy atom. The summed E-state index contributed by atoms with van der Waals surface area (Å²) in [6, 6.07) is 0.0370. The summed E-state index contributed by atoms with van der Waals surface area (Å²) in [6.45, 7) is 4.35. The molecule has 0 aromatic rings. The number of hydrogen-bond donors (Lipinski definition) is 1. The fourth-order valence-corrected chi connectivity index (χ4v) is 1.92. The molecule has 0 aromatic carbocycles. The van der Waals surface area contributed by atoms with Gasteiger partial charge in [0, 0.05) is 12.1 Å². The lowest BCUT2D eigenvalue weighted by atomic mass is 10.1. The smallest absolute Gasteiger partial charge is 0.252 e. The van der Waals surface area contributed by atoms with Crippen molar-refractivity contribution in [2.24, 2.45) is 0 Å². The number of aliphatic hydroxyl groups is 1. The Labute approximate surface area is 65.3 Å². The van der Waals surface area contributed by atoms with Gasteiger partial charge in [-0.05, 0) is 12.8 Å². The summed E-state index contributed by atoms with van der Waals surface area (Å²) in [5.41, 5.74) is 0.370. The maximum atomic E-state index is 11.3. The number of amides is 1. The Morgan fingerprint density at radius 1 is 1.64 bits per heavy atom. The summed E-state index contributed by atoms with van der Waals surface area (Å²) < 4.78 is 0. The minimum atomic E-state index is -0.606. The van der Waals surface area contributed by atoms with Gasteiger partial charge < -0.3 is 10.0 Å². The van der Waals surface area contributed by atoms with Crippen molar-refractivity contribution in [1.29, 1.82) is 0 Å². The van der Waals surface area contributed by atoms with Gasteiger partial charge in [0.15, 0.2) is 0 Å². The number of aliphatic hydroxyl groups excluding tert-OH is 1. The van der Waals surface area contributed by atoms with Crippen LogP contribution in [0.4, 0.5) is 0 Å².